The minimum Gasteiger partial charge on any atom is -0.352 e. The fourth-order valence-electron chi connectivity index (χ4n) is 3.67. The Bertz CT molecular complexity index is 850. The van der Waals surface area contributed by atoms with Gasteiger partial charge in [0.2, 0.25) is 11.8 Å². The van der Waals surface area contributed by atoms with E-state index in [0.717, 1.165) is 16.7 Å². The van der Waals surface area contributed by atoms with Gasteiger partial charge in [0.1, 0.15) is 6.04 Å². The molecule has 1 fully saturated rings. The average molecular weight is 379 g/mol. The summed E-state index contributed by atoms with van der Waals surface area (Å²) in [6.45, 7) is 9.63. The molecule has 0 spiro atoms. The van der Waals surface area contributed by atoms with Crippen molar-refractivity contribution < 1.29 is 9.59 Å². The van der Waals surface area contributed by atoms with Crippen LogP contribution in [0.3, 0.4) is 0 Å². The number of carbonyl (C=O) groups is 2. The number of nitrogens with zero attached hydrogens (tertiary/aromatic N) is 1. The summed E-state index contributed by atoms with van der Waals surface area (Å²) in [6.07, 6.45) is 1.09. The van der Waals surface area contributed by atoms with Crippen LogP contribution in [-0.4, -0.2) is 29.8 Å². The first-order valence-electron chi connectivity index (χ1n) is 9.99. The maximum Gasteiger partial charge on any atom is 0.247 e. The van der Waals surface area contributed by atoms with E-state index in [0.29, 0.717) is 25.9 Å². The third-order valence-corrected chi connectivity index (χ3v) is 5.34. The maximum absolute atomic E-state index is 13.0. The standard InChI is InChI=1S/C24H30N2O2/c1-17-6-5-7-19(16-17)22-23(28)25-14-15-26(22)21(27)13-10-18-8-11-20(12-9-18)24(2,3)4/h5-9,11-12,16,22H,10,13-15H2,1-4H3,(H,25,28). The molecule has 0 saturated carbocycles. The Hall–Kier alpha value is -2.62. The Morgan fingerprint density at radius 2 is 1.86 bits per heavy atom. The van der Waals surface area contributed by atoms with E-state index in [4.69, 9.17) is 0 Å². The molecule has 0 radical (unpaired) electrons. The van der Waals surface area contributed by atoms with Crippen LogP contribution in [0.1, 0.15) is 55.5 Å². The van der Waals surface area contributed by atoms with E-state index in [1.165, 1.54) is 5.56 Å². The summed E-state index contributed by atoms with van der Waals surface area (Å²) in [5, 5.41) is 2.90. The van der Waals surface area contributed by atoms with Crippen LogP contribution < -0.4 is 5.32 Å². The van der Waals surface area contributed by atoms with Crippen LogP contribution in [0.5, 0.6) is 0 Å². The van der Waals surface area contributed by atoms with Crippen molar-refractivity contribution in [1.29, 1.82) is 0 Å². The molecule has 28 heavy (non-hydrogen) atoms. The van der Waals surface area contributed by atoms with Gasteiger partial charge >= 0.3 is 0 Å². The van der Waals surface area contributed by atoms with Gasteiger partial charge in [0, 0.05) is 19.5 Å². The van der Waals surface area contributed by atoms with Crippen LogP contribution in [0.15, 0.2) is 48.5 Å². The Balaban J connectivity index is 1.70. The summed E-state index contributed by atoms with van der Waals surface area (Å²) in [6, 6.07) is 15.8. The molecule has 1 atom stereocenters. The van der Waals surface area contributed by atoms with Gasteiger partial charge in [-0.2, -0.15) is 0 Å². The summed E-state index contributed by atoms with van der Waals surface area (Å²) >= 11 is 0. The normalized spacial score (nSPS) is 17.4. The van der Waals surface area contributed by atoms with Gasteiger partial charge in [-0.25, -0.2) is 0 Å². The second-order valence-corrected chi connectivity index (χ2v) is 8.64. The second kappa shape index (κ2) is 8.17. The molecular formula is C24H30N2O2. The van der Waals surface area contributed by atoms with Crippen molar-refractivity contribution >= 4 is 11.8 Å². The van der Waals surface area contributed by atoms with Gasteiger partial charge in [0.15, 0.2) is 0 Å². The van der Waals surface area contributed by atoms with Crippen LogP contribution in [0, 0.1) is 6.92 Å². The van der Waals surface area contributed by atoms with E-state index in [-0.39, 0.29) is 17.2 Å². The summed E-state index contributed by atoms with van der Waals surface area (Å²) in [5.74, 6) is -0.0685. The van der Waals surface area contributed by atoms with E-state index in [2.05, 4.69) is 50.4 Å². The number of benzene rings is 2. The zero-order chi connectivity index (χ0) is 20.3. The zero-order valence-electron chi connectivity index (χ0n) is 17.3. The zero-order valence-corrected chi connectivity index (χ0v) is 17.3. The van der Waals surface area contributed by atoms with Gasteiger partial charge in [-0.1, -0.05) is 74.9 Å². The first-order valence-corrected chi connectivity index (χ1v) is 9.99. The van der Waals surface area contributed by atoms with Crippen LogP contribution >= 0.6 is 0 Å². The lowest BCUT2D eigenvalue weighted by Crippen LogP contribution is -2.52. The molecule has 1 aliphatic heterocycles. The van der Waals surface area contributed by atoms with Crippen molar-refractivity contribution in [2.45, 2.75) is 52.0 Å². The monoisotopic (exact) mass is 378 g/mol. The van der Waals surface area contributed by atoms with E-state index < -0.39 is 6.04 Å². The number of piperazine rings is 1. The Morgan fingerprint density at radius 3 is 2.50 bits per heavy atom. The third-order valence-electron chi connectivity index (χ3n) is 5.34. The first kappa shape index (κ1) is 20.1. The topological polar surface area (TPSA) is 49.4 Å². The Morgan fingerprint density at radius 1 is 1.14 bits per heavy atom. The molecule has 0 aromatic heterocycles. The van der Waals surface area contributed by atoms with Gasteiger partial charge in [0.05, 0.1) is 0 Å². The molecule has 1 saturated heterocycles. The first-order chi connectivity index (χ1) is 13.3. The van der Waals surface area contributed by atoms with Gasteiger partial charge in [0.25, 0.3) is 0 Å². The molecular weight excluding hydrogens is 348 g/mol. The number of carbonyl (C=O) groups excluding carboxylic acids is 2. The minimum atomic E-state index is -0.538. The molecule has 3 rings (SSSR count). The number of rotatable bonds is 4. The minimum absolute atomic E-state index is 0.0289. The van der Waals surface area contributed by atoms with Crippen molar-refractivity contribution in [2.75, 3.05) is 13.1 Å². The van der Waals surface area contributed by atoms with E-state index in [1.54, 1.807) is 4.90 Å². The molecule has 2 aromatic rings. The fourth-order valence-corrected chi connectivity index (χ4v) is 3.67. The molecule has 1 aliphatic rings. The predicted molar refractivity (Wildman–Crippen MR) is 112 cm³/mol. The molecule has 4 heteroatoms. The number of hydrogen-bond acceptors (Lipinski definition) is 2. The van der Waals surface area contributed by atoms with Crippen LogP contribution in [0.2, 0.25) is 0 Å². The predicted octanol–water partition coefficient (Wildman–Crippen LogP) is 3.92. The molecule has 148 valence electrons. The van der Waals surface area contributed by atoms with Crippen molar-refractivity contribution in [3.63, 3.8) is 0 Å². The highest BCUT2D eigenvalue weighted by Crippen LogP contribution is 2.26. The van der Waals surface area contributed by atoms with E-state index >= 15 is 0 Å². The number of hydrogen-bond donors (Lipinski definition) is 1. The summed E-state index contributed by atoms with van der Waals surface area (Å²) in [7, 11) is 0. The Kier molecular flexibility index (Phi) is 5.87. The lowest BCUT2D eigenvalue weighted by molar-refractivity contribution is -0.143. The van der Waals surface area contributed by atoms with Gasteiger partial charge in [-0.05, 0) is 35.4 Å². The summed E-state index contributed by atoms with van der Waals surface area (Å²) in [4.78, 5) is 27.2. The number of amides is 2. The molecule has 0 aliphatic carbocycles. The number of nitrogens with one attached hydrogen (secondary N) is 1. The summed E-state index contributed by atoms with van der Waals surface area (Å²) < 4.78 is 0. The van der Waals surface area contributed by atoms with Gasteiger partial charge in [-0.3, -0.25) is 9.59 Å². The van der Waals surface area contributed by atoms with Crippen molar-refractivity contribution in [1.82, 2.24) is 10.2 Å². The average Bonchev–Trinajstić information content (AvgIpc) is 2.65. The molecule has 2 aromatic carbocycles. The Labute approximate surface area is 167 Å². The lowest BCUT2D eigenvalue weighted by Gasteiger charge is -2.35. The van der Waals surface area contributed by atoms with E-state index in [1.807, 2.05) is 31.2 Å². The SMILES string of the molecule is Cc1cccc(C2C(=O)NCCN2C(=O)CCc2ccc(C(C)(C)C)cc2)c1. The fraction of sp³-hybridized carbons (Fsp3) is 0.417. The van der Waals surface area contributed by atoms with Crippen LogP contribution in [0.25, 0.3) is 0 Å². The van der Waals surface area contributed by atoms with Gasteiger partial charge in [-0.15, -0.1) is 0 Å². The smallest absolute Gasteiger partial charge is 0.247 e. The molecule has 1 heterocycles. The molecule has 1 unspecified atom stereocenters. The van der Waals surface area contributed by atoms with Crippen molar-refractivity contribution in [3.05, 3.63) is 70.8 Å². The molecule has 0 bridgehead atoms. The lowest BCUT2D eigenvalue weighted by atomic mass is 9.86. The third kappa shape index (κ3) is 4.61. The maximum atomic E-state index is 13.0. The van der Waals surface area contributed by atoms with Gasteiger partial charge < -0.3 is 10.2 Å². The van der Waals surface area contributed by atoms with Crippen molar-refractivity contribution in [3.8, 4) is 0 Å². The second-order valence-electron chi connectivity index (χ2n) is 8.64. The largest absolute Gasteiger partial charge is 0.352 e. The molecule has 1 N–H and O–H groups in total. The summed E-state index contributed by atoms with van der Waals surface area (Å²) in [5.41, 5.74) is 4.52. The van der Waals surface area contributed by atoms with E-state index in [9.17, 15) is 9.59 Å². The molecule has 2 amide bonds. The van der Waals surface area contributed by atoms with Crippen LogP contribution in [-0.2, 0) is 21.4 Å². The highest BCUT2D eigenvalue weighted by atomic mass is 16.2. The molecule has 4 nitrogen and oxygen atoms in total. The quantitative estimate of drug-likeness (QED) is 0.876. The van der Waals surface area contributed by atoms with Crippen LogP contribution in [0.4, 0.5) is 0 Å². The number of aryl methyl sites for hydroxylation is 2. The highest BCUT2D eigenvalue weighted by Gasteiger charge is 2.34. The highest BCUT2D eigenvalue weighted by molar-refractivity contribution is 5.90. The van der Waals surface area contributed by atoms with Crippen molar-refractivity contribution in [2.24, 2.45) is 0 Å².